The van der Waals surface area contributed by atoms with Crippen LogP contribution in [-0.4, -0.2) is 25.6 Å². The second kappa shape index (κ2) is 5.65. The van der Waals surface area contributed by atoms with E-state index in [-0.39, 0.29) is 6.04 Å². The summed E-state index contributed by atoms with van der Waals surface area (Å²) in [5, 5.41) is 8.50. The Morgan fingerprint density at radius 2 is 1.95 bits per heavy atom. The third-order valence-corrected chi connectivity index (χ3v) is 3.46. The summed E-state index contributed by atoms with van der Waals surface area (Å²) >= 11 is 0. The highest BCUT2D eigenvalue weighted by Gasteiger charge is 2.15. The van der Waals surface area contributed by atoms with Gasteiger partial charge < -0.3 is 5.73 Å². The maximum absolute atomic E-state index is 5.79. The molecule has 5 nitrogen and oxygen atoms in total. The fraction of sp³-hybridized carbons (Fsp3) is 0.643. The van der Waals surface area contributed by atoms with Gasteiger partial charge in [-0.05, 0) is 39.7 Å². The third kappa shape index (κ3) is 3.10. The number of aromatic nitrogens is 4. The van der Waals surface area contributed by atoms with Crippen molar-refractivity contribution in [3.8, 4) is 0 Å². The van der Waals surface area contributed by atoms with E-state index in [1.165, 1.54) is 0 Å². The van der Waals surface area contributed by atoms with E-state index in [1.54, 1.807) is 0 Å². The predicted octanol–water partition coefficient (Wildman–Crippen LogP) is 2.36. The van der Waals surface area contributed by atoms with Gasteiger partial charge >= 0.3 is 0 Å². The summed E-state index contributed by atoms with van der Waals surface area (Å²) in [4.78, 5) is 4.42. The van der Waals surface area contributed by atoms with Crippen molar-refractivity contribution in [3.63, 3.8) is 0 Å². The summed E-state index contributed by atoms with van der Waals surface area (Å²) in [7, 11) is 0. The SMILES string of the molecule is Cc1cc(C)n2c(C(C)CCCC(C)N)nnc2n1. The average molecular weight is 261 g/mol. The molecule has 2 aromatic rings. The highest BCUT2D eigenvalue weighted by atomic mass is 15.3. The normalized spacial score (nSPS) is 14.8. The van der Waals surface area contributed by atoms with Gasteiger partial charge in [0.2, 0.25) is 0 Å². The van der Waals surface area contributed by atoms with Crippen LogP contribution in [0.1, 0.15) is 56.2 Å². The Balaban J connectivity index is 2.20. The molecule has 0 spiro atoms. The van der Waals surface area contributed by atoms with Gasteiger partial charge in [0.05, 0.1) is 0 Å². The Hall–Kier alpha value is -1.49. The Morgan fingerprint density at radius 3 is 2.63 bits per heavy atom. The highest BCUT2D eigenvalue weighted by Crippen LogP contribution is 2.21. The van der Waals surface area contributed by atoms with Crippen LogP contribution in [0.15, 0.2) is 6.07 Å². The van der Waals surface area contributed by atoms with Crippen LogP contribution < -0.4 is 5.73 Å². The molecule has 0 aliphatic heterocycles. The number of aryl methyl sites for hydroxylation is 2. The first-order valence-electron chi connectivity index (χ1n) is 6.94. The van der Waals surface area contributed by atoms with E-state index in [9.17, 15) is 0 Å². The zero-order chi connectivity index (χ0) is 14.0. The van der Waals surface area contributed by atoms with Gasteiger partial charge in [-0.25, -0.2) is 4.98 Å². The van der Waals surface area contributed by atoms with Crippen molar-refractivity contribution in [2.75, 3.05) is 0 Å². The largest absolute Gasteiger partial charge is 0.328 e. The Labute approximate surface area is 114 Å². The molecule has 0 bridgehead atoms. The zero-order valence-corrected chi connectivity index (χ0v) is 12.2. The van der Waals surface area contributed by atoms with Crippen molar-refractivity contribution < 1.29 is 0 Å². The number of hydrogen-bond acceptors (Lipinski definition) is 4. The van der Waals surface area contributed by atoms with Crippen molar-refractivity contribution in [1.29, 1.82) is 0 Å². The first kappa shape index (κ1) is 13.9. The molecule has 0 fully saturated rings. The van der Waals surface area contributed by atoms with E-state index in [0.29, 0.717) is 11.7 Å². The lowest BCUT2D eigenvalue weighted by molar-refractivity contribution is 0.539. The summed E-state index contributed by atoms with van der Waals surface area (Å²) in [6.07, 6.45) is 3.25. The van der Waals surface area contributed by atoms with Crippen LogP contribution in [0.4, 0.5) is 0 Å². The van der Waals surface area contributed by atoms with Crippen LogP contribution in [0.3, 0.4) is 0 Å². The fourth-order valence-electron chi connectivity index (χ4n) is 2.45. The van der Waals surface area contributed by atoms with Crippen molar-refractivity contribution >= 4 is 5.78 Å². The lowest BCUT2D eigenvalue weighted by atomic mass is 10.0. The lowest BCUT2D eigenvalue weighted by Gasteiger charge is -2.12. The molecule has 0 aromatic carbocycles. The summed E-state index contributed by atoms with van der Waals surface area (Å²) < 4.78 is 2.06. The number of nitrogens with two attached hydrogens (primary N) is 1. The van der Waals surface area contributed by atoms with Gasteiger partial charge in [0.25, 0.3) is 5.78 Å². The molecule has 19 heavy (non-hydrogen) atoms. The molecule has 2 rings (SSSR count). The minimum absolute atomic E-state index is 0.272. The van der Waals surface area contributed by atoms with Crippen LogP contribution >= 0.6 is 0 Å². The van der Waals surface area contributed by atoms with E-state index in [0.717, 1.165) is 36.5 Å². The van der Waals surface area contributed by atoms with Crippen LogP contribution in [0.25, 0.3) is 5.78 Å². The molecular weight excluding hydrogens is 238 g/mol. The first-order chi connectivity index (χ1) is 8.99. The number of fused-ring (bicyclic) bond motifs is 1. The fourth-order valence-corrected chi connectivity index (χ4v) is 2.45. The van der Waals surface area contributed by atoms with Gasteiger partial charge in [-0.1, -0.05) is 13.3 Å². The molecule has 5 heteroatoms. The second-order valence-electron chi connectivity index (χ2n) is 5.54. The molecule has 0 radical (unpaired) electrons. The number of rotatable bonds is 5. The molecule has 0 saturated carbocycles. The van der Waals surface area contributed by atoms with Crippen LogP contribution in [-0.2, 0) is 0 Å². The smallest absolute Gasteiger partial charge is 0.255 e. The van der Waals surface area contributed by atoms with Gasteiger partial charge in [-0.15, -0.1) is 10.2 Å². The lowest BCUT2D eigenvalue weighted by Crippen LogP contribution is -2.14. The van der Waals surface area contributed by atoms with Gasteiger partial charge in [-0.2, -0.15) is 0 Å². The molecule has 2 heterocycles. The van der Waals surface area contributed by atoms with Gasteiger partial charge in [0.1, 0.15) is 5.82 Å². The first-order valence-corrected chi connectivity index (χ1v) is 6.94. The number of hydrogen-bond donors (Lipinski definition) is 1. The summed E-state index contributed by atoms with van der Waals surface area (Å²) in [6.45, 7) is 8.29. The zero-order valence-electron chi connectivity index (χ0n) is 12.2. The molecule has 2 unspecified atom stereocenters. The maximum Gasteiger partial charge on any atom is 0.255 e. The second-order valence-corrected chi connectivity index (χ2v) is 5.54. The summed E-state index contributed by atoms with van der Waals surface area (Å²) in [6, 6.07) is 2.34. The molecule has 0 amide bonds. The van der Waals surface area contributed by atoms with E-state index in [4.69, 9.17) is 5.73 Å². The minimum atomic E-state index is 0.272. The van der Waals surface area contributed by atoms with Crippen molar-refractivity contribution in [3.05, 3.63) is 23.3 Å². The number of nitrogens with zero attached hydrogens (tertiary/aromatic N) is 4. The Kier molecular flexibility index (Phi) is 4.14. The molecule has 0 aliphatic carbocycles. The molecule has 104 valence electrons. The Morgan fingerprint density at radius 1 is 1.21 bits per heavy atom. The summed E-state index contributed by atoms with van der Waals surface area (Å²) in [5.41, 5.74) is 7.91. The molecule has 2 atom stereocenters. The van der Waals surface area contributed by atoms with E-state index >= 15 is 0 Å². The van der Waals surface area contributed by atoms with E-state index in [1.807, 2.05) is 13.8 Å². The molecule has 0 saturated heterocycles. The van der Waals surface area contributed by atoms with Crippen LogP contribution in [0.2, 0.25) is 0 Å². The molecule has 2 N–H and O–H groups in total. The quantitative estimate of drug-likeness (QED) is 0.897. The molecular formula is C14H23N5. The van der Waals surface area contributed by atoms with Crippen molar-refractivity contribution in [2.24, 2.45) is 5.73 Å². The Bertz CT molecular complexity index is 558. The molecule has 2 aromatic heterocycles. The van der Waals surface area contributed by atoms with E-state index in [2.05, 4.69) is 39.5 Å². The van der Waals surface area contributed by atoms with E-state index < -0.39 is 0 Å². The standard InChI is InChI=1S/C14H23N5/c1-9(6-5-7-10(2)15)13-17-18-14-16-11(3)8-12(4)19(13)14/h8-10H,5-7,15H2,1-4H3. The van der Waals surface area contributed by atoms with Gasteiger partial charge in [0.15, 0.2) is 0 Å². The highest BCUT2D eigenvalue weighted by molar-refractivity contribution is 5.33. The monoisotopic (exact) mass is 261 g/mol. The third-order valence-electron chi connectivity index (χ3n) is 3.46. The predicted molar refractivity (Wildman–Crippen MR) is 76.2 cm³/mol. The minimum Gasteiger partial charge on any atom is -0.328 e. The van der Waals surface area contributed by atoms with Crippen molar-refractivity contribution in [1.82, 2.24) is 19.6 Å². The van der Waals surface area contributed by atoms with Gasteiger partial charge in [0, 0.05) is 23.3 Å². The van der Waals surface area contributed by atoms with Crippen LogP contribution in [0.5, 0.6) is 0 Å². The molecule has 0 aliphatic rings. The summed E-state index contributed by atoms with van der Waals surface area (Å²) in [5.74, 6) is 2.08. The topological polar surface area (TPSA) is 69.1 Å². The average Bonchev–Trinajstić information content (AvgIpc) is 2.72. The van der Waals surface area contributed by atoms with Crippen LogP contribution in [0, 0.1) is 13.8 Å². The van der Waals surface area contributed by atoms with Crippen molar-refractivity contribution in [2.45, 2.75) is 58.9 Å². The van der Waals surface area contributed by atoms with Gasteiger partial charge in [-0.3, -0.25) is 4.40 Å². The maximum atomic E-state index is 5.79.